The van der Waals surface area contributed by atoms with Gasteiger partial charge in [0.25, 0.3) is 0 Å². The normalized spacial score (nSPS) is 10.9. The van der Waals surface area contributed by atoms with Crippen molar-refractivity contribution in [2.24, 2.45) is 0 Å². The predicted molar refractivity (Wildman–Crippen MR) is 138 cm³/mol. The SMILES string of the molecule is COc1ccc(CC(=O)NCCSc2c(-c3ccc(Br)cc3)[nH]c3ccccc23)cc1OC. The van der Waals surface area contributed by atoms with E-state index in [0.717, 1.165) is 32.6 Å². The van der Waals surface area contributed by atoms with Gasteiger partial charge in [0.1, 0.15) is 0 Å². The number of para-hydroxylation sites is 1. The number of halogens is 1. The number of hydrogen-bond acceptors (Lipinski definition) is 4. The summed E-state index contributed by atoms with van der Waals surface area (Å²) in [5.74, 6) is 2.02. The van der Waals surface area contributed by atoms with Crippen molar-refractivity contribution in [3.63, 3.8) is 0 Å². The molecular formula is C26H25BrN2O3S. The van der Waals surface area contributed by atoms with Crippen LogP contribution in [0, 0.1) is 0 Å². The fourth-order valence-electron chi connectivity index (χ4n) is 3.67. The molecule has 0 aliphatic rings. The number of carbonyl (C=O) groups excluding carboxylic acids is 1. The van der Waals surface area contributed by atoms with Gasteiger partial charge >= 0.3 is 0 Å². The molecule has 4 aromatic rings. The highest BCUT2D eigenvalue weighted by Gasteiger charge is 2.14. The van der Waals surface area contributed by atoms with E-state index in [1.54, 1.807) is 26.0 Å². The Morgan fingerprint density at radius 2 is 1.76 bits per heavy atom. The number of fused-ring (bicyclic) bond motifs is 1. The number of aromatic nitrogens is 1. The van der Waals surface area contributed by atoms with E-state index < -0.39 is 0 Å². The van der Waals surface area contributed by atoms with Crippen LogP contribution in [0.5, 0.6) is 11.5 Å². The number of aromatic amines is 1. The molecule has 0 aliphatic carbocycles. The van der Waals surface area contributed by atoms with Gasteiger partial charge in [0.2, 0.25) is 5.91 Å². The molecule has 170 valence electrons. The van der Waals surface area contributed by atoms with Crippen LogP contribution in [0.3, 0.4) is 0 Å². The van der Waals surface area contributed by atoms with Gasteiger partial charge in [0.15, 0.2) is 11.5 Å². The molecule has 5 nitrogen and oxygen atoms in total. The molecule has 0 spiro atoms. The third-order valence-electron chi connectivity index (χ3n) is 5.27. The van der Waals surface area contributed by atoms with Gasteiger partial charge in [-0.2, -0.15) is 0 Å². The van der Waals surface area contributed by atoms with Crippen LogP contribution in [0.25, 0.3) is 22.2 Å². The highest BCUT2D eigenvalue weighted by molar-refractivity contribution is 9.10. The molecule has 0 fully saturated rings. The summed E-state index contributed by atoms with van der Waals surface area (Å²) in [5.41, 5.74) is 4.22. The van der Waals surface area contributed by atoms with Gasteiger partial charge < -0.3 is 19.8 Å². The zero-order valence-corrected chi connectivity index (χ0v) is 20.9. The Kier molecular flexibility index (Phi) is 7.62. The summed E-state index contributed by atoms with van der Waals surface area (Å²) in [6.07, 6.45) is 0.294. The monoisotopic (exact) mass is 524 g/mol. The largest absolute Gasteiger partial charge is 0.493 e. The molecule has 0 unspecified atom stereocenters. The van der Waals surface area contributed by atoms with Gasteiger partial charge in [0, 0.05) is 32.6 Å². The van der Waals surface area contributed by atoms with Crippen molar-refractivity contribution in [2.75, 3.05) is 26.5 Å². The van der Waals surface area contributed by atoms with Crippen LogP contribution >= 0.6 is 27.7 Å². The van der Waals surface area contributed by atoms with Crippen LogP contribution in [0.4, 0.5) is 0 Å². The topological polar surface area (TPSA) is 63.3 Å². The Balaban J connectivity index is 1.40. The number of nitrogens with one attached hydrogen (secondary N) is 2. The smallest absolute Gasteiger partial charge is 0.224 e. The highest BCUT2D eigenvalue weighted by Crippen LogP contribution is 2.37. The number of amides is 1. The first-order valence-electron chi connectivity index (χ1n) is 10.6. The molecule has 33 heavy (non-hydrogen) atoms. The second-order valence-electron chi connectivity index (χ2n) is 7.45. The van der Waals surface area contributed by atoms with Crippen LogP contribution in [0.2, 0.25) is 0 Å². The summed E-state index contributed by atoms with van der Waals surface area (Å²) < 4.78 is 11.6. The first-order valence-corrected chi connectivity index (χ1v) is 12.3. The summed E-state index contributed by atoms with van der Waals surface area (Å²) in [4.78, 5) is 17.2. The summed E-state index contributed by atoms with van der Waals surface area (Å²) in [5, 5.41) is 4.22. The second kappa shape index (κ2) is 10.8. The predicted octanol–water partition coefficient (Wildman–Crippen LogP) is 6.07. The van der Waals surface area contributed by atoms with Crippen molar-refractivity contribution in [1.82, 2.24) is 10.3 Å². The fourth-order valence-corrected chi connectivity index (χ4v) is 4.99. The Morgan fingerprint density at radius 3 is 2.52 bits per heavy atom. The van der Waals surface area contributed by atoms with Crippen LogP contribution in [-0.2, 0) is 11.2 Å². The van der Waals surface area contributed by atoms with Crippen molar-refractivity contribution in [3.8, 4) is 22.8 Å². The van der Waals surface area contributed by atoms with E-state index >= 15 is 0 Å². The van der Waals surface area contributed by atoms with Crippen molar-refractivity contribution >= 4 is 44.5 Å². The van der Waals surface area contributed by atoms with Crippen molar-refractivity contribution in [2.45, 2.75) is 11.3 Å². The maximum absolute atomic E-state index is 12.5. The molecule has 0 bridgehead atoms. The number of hydrogen-bond donors (Lipinski definition) is 2. The van der Waals surface area contributed by atoms with Crippen LogP contribution < -0.4 is 14.8 Å². The Hall–Kier alpha value is -2.90. The van der Waals surface area contributed by atoms with Gasteiger partial charge in [-0.05, 0) is 41.5 Å². The zero-order valence-electron chi connectivity index (χ0n) is 18.5. The summed E-state index contributed by atoms with van der Waals surface area (Å²) in [6, 6.07) is 22.1. The lowest BCUT2D eigenvalue weighted by atomic mass is 10.1. The first-order chi connectivity index (χ1) is 16.1. The highest BCUT2D eigenvalue weighted by atomic mass is 79.9. The van der Waals surface area contributed by atoms with E-state index in [-0.39, 0.29) is 5.91 Å². The van der Waals surface area contributed by atoms with Crippen LogP contribution in [-0.4, -0.2) is 37.4 Å². The molecule has 3 aromatic carbocycles. The summed E-state index contributed by atoms with van der Waals surface area (Å²) in [6.45, 7) is 0.579. The quantitative estimate of drug-likeness (QED) is 0.206. The number of thioether (sulfide) groups is 1. The molecule has 7 heteroatoms. The molecule has 4 rings (SSSR count). The van der Waals surface area contributed by atoms with Crippen LogP contribution in [0.1, 0.15) is 5.56 Å². The third-order valence-corrected chi connectivity index (χ3v) is 6.92. The Morgan fingerprint density at radius 1 is 1.00 bits per heavy atom. The zero-order chi connectivity index (χ0) is 23.2. The van der Waals surface area contributed by atoms with E-state index in [1.807, 2.05) is 36.4 Å². The van der Waals surface area contributed by atoms with Gasteiger partial charge in [-0.1, -0.05) is 52.3 Å². The minimum absolute atomic E-state index is 0.0186. The van der Waals surface area contributed by atoms with Crippen molar-refractivity contribution < 1.29 is 14.3 Å². The van der Waals surface area contributed by atoms with E-state index in [0.29, 0.717) is 24.5 Å². The lowest BCUT2D eigenvalue weighted by Crippen LogP contribution is -2.27. The van der Waals surface area contributed by atoms with Gasteiger partial charge in [0.05, 0.1) is 26.3 Å². The van der Waals surface area contributed by atoms with Crippen molar-refractivity contribution in [1.29, 1.82) is 0 Å². The molecule has 0 saturated heterocycles. The molecule has 2 N–H and O–H groups in total. The second-order valence-corrected chi connectivity index (χ2v) is 9.47. The molecule has 0 saturated carbocycles. The third kappa shape index (κ3) is 5.54. The van der Waals surface area contributed by atoms with Gasteiger partial charge in [-0.25, -0.2) is 0 Å². The van der Waals surface area contributed by atoms with E-state index in [2.05, 4.69) is 56.6 Å². The van der Waals surface area contributed by atoms with E-state index in [9.17, 15) is 4.79 Å². The molecular weight excluding hydrogens is 500 g/mol. The number of carbonyl (C=O) groups is 1. The molecule has 1 amide bonds. The molecule has 0 atom stereocenters. The molecule has 0 radical (unpaired) electrons. The summed E-state index contributed by atoms with van der Waals surface area (Å²) in [7, 11) is 3.18. The number of ether oxygens (including phenoxy) is 2. The Bertz CT molecular complexity index is 1250. The standard InChI is InChI=1S/C26H25BrN2O3S/c1-31-22-12-7-17(15-23(22)32-2)16-24(30)28-13-14-33-26-20-5-3-4-6-21(20)29-25(26)18-8-10-19(27)11-9-18/h3-12,15,29H,13-14,16H2,1-2H3,(H,28,30). The maximum atomic E-state index is 12.5. The fraction of sp³-hybridized carbons (Fsp3) is 0.192. The lowest BCUT2D eigenvalue weighted by Gasteiger charge is -2.10. The summed E-state index contributed by atoms with van der Waals surface area (Å²) >= 11 is 5.25. The number of rotatable bonds is 9. The number of methoxy groups -OCH3 is 2. The minimum atomic E-state index is -0.0186. The van der Waals surface area contributed by atoms with Gasteiger partial charge in [-0.3, -0.25) is 4.79 Å². The van der Waals surface area contributed by atoms with Crippen molar-refractivity contribution in [3.05, 3.63) is 76.8 Å². The number of benzene rings is 3. The average molecular weight is 525 g/mol. The lowest BCUT2D eigenvalue weighted by molar-refractivity contribution is -0.120. The van der Waals surface area contributed by atoms with Gasteiger partial charge in [-0.15, -0.1) is 11.8 Å². The van der Waals surface area contributed by atoms with E-state index in [4.69, 9.17) is 9.47 Å². The average Bonchev–Trinajstić information content (AvgIpc) is 3.20. The van der Waals surface area contributed by atoms with Crippen LogP contribution in [0.15, 0.2) is 76.1 Å². The maximum Gasteiger partial charge on any atom is 0.224 e. The van der Waals surface area contributed by atoms with E-state index in [1.165, 1.54) is 10.3 Å². The Labute approximate surface area is 206 Å². The molecule has 0 aliphatic heterocycles. The minimum Gasteiger partial charge on any atom is -0.493 e. The number of H-pyrrole nitrogens is 1. The molecule has 1 heterocycles. The first kappa shape index (κ1) is 23.3. The molecule has 1 aromatic heterocycles.